The number of hydrogen-bond acceptors (Lipinski definition) is 8. The van der Waals surface area contributed by atoms with Crippen LogP contribution in [0.15, 0.2) is 47.7 Å². The van der Waals surface area contributed by atoms with Crippen molar-refractivity contribution in [1.82, 2.24) is 39.7 Å². The van der Waals surface area contributed by atoms with Crippen LogP contribution in [0.2, 0.25) is 5.02 Å². The number of halogens is 1. The van der Waals surface area contributed by atoms with E-state index < -0.39 is 11.2 Å². The van der Waals surface area contributed by atoms with Crippen LogP contribution in [0.4, 0.5) is 0 Å². The number of allylic oxidation sites excluding steroid dienone is 1. The van der Waals surface area contributed by atoms with Gasteiger partial charge in [0.15, 0.2) is 0 Å². The summed E-state index contributed by atoms with van der Waals surface area (Å²) in [4.78, 5) is 38.0. The first-order valence-electron chi connectivity index (χ1n) is 10.8. The SMILES string of the molecule is O=C(O)C1CC=C(c2cnc(C3CCc4nc(-c5cc(Cl)ccc5-n5cnnn5)cc(=O)n43)[nH]2)S1. The van der Waals surface area contributed by atoms with Crippen LogP contribution >= 0.6 is 23.4 Å². The summed E-state index contributed by atoms with van der Waals surface area (Å²) in [7, 11) is 0. The van der Waals surface area contributed by atoms with E-state index in [1.54, 1.807) is 29.0 Å². The number of carboxylic acids is 1. The molecule has 0 bridgehead atoms. The number of nitrogens with one attached hydrogen (secondary N) is 1. The molecule has 1 aromatic carbocycles. The molecule has 0 saturated heterocycles. The van der Waals surface area contributed by atoms with Crippen molar-refractivity contribution in [2.45, 2.75) is 30.6 Å². The highest BCUT2D eigenvalue weighted by molar-refractivity contribution is 8.09. The number of nitrogens with zero attached hydrogens (tertiary/aromatic N) is 7. The largest absolute Gasteiger partial charge is 0.480 e. The maximum atomic E-state index is 13.3. The molecule has 0 amide bonds. The zero-order valence-electron chi connectivity index (χ0n) is 18.0. The third-order valence-electron chi connectivity index (χ3n) is 6.05. The number of carboxylic acid groups (broad SMARTS) is 1. The molecule has 0 fully saturated rings. The third kappa shape index (κ3) is 3.84. The van der Waals surface area contributed by atoms with Crippen molar-refractivity contribution in [2.24, 2.45) is 0 Å². The maximum absolute atomic E-state index is 13.3. The summed E-state index contributed by atoms with van der Waals surface area (Å²) >= 11 is 7.55. The Morgan fingerprint density at radius 2 is 2.17 bits per heavy atom. The Kier molecular flexibility index (Phi) is 5.26. The lowest BCUT2D eigenvalue weighted by atomic mass is 10.1. The van der Waals surface area contributed by atoms with E-state index in [2.05, 4.69) is 25.5 Å². The highest BCUT2D eigenvalue weighted by atomic mass is 35.5. The van der Waals surface area contributed by atoms with Crippen LogP contribution < -0.4 is 5.56 Å². The summed E-state index contributed by atoms with van der Waals surface area (Å²) in [5, 5.41) is 20.6. The number of aromatic amines is 1. The van der Waals surface area contributed by atoms with Crippen LogP contribution in [0.5, 0.6) is 0 Å². The van der Waals surface area contributed by atoms with Crippen LogP contribution in [-0.4, -0.2) is 56.1 Å². The molecule has 0 spiro atoms. The number of imidazole rings is 1. The number of thioether (sulfide) groups is 1. The second kappa shape index (κ2) is 8.47. The summed E-state index contributed by atoms with van der Waals surface area (Å²) < 4.78 is 3.15. The summed E-state index contributed by atoms with van der Waals surface area (Å²) in [5.41, 5.74) is 2.34. The number of hydrogen-bond donors (Lipinski definition) is 2. The van der Waals surface area contributed by atoms with Gasteiger partial charge in [0.2, 0.25) is 0 Å². The Bertz CT molecular complexity index is 1540. The Morgan fingerprint density at radius 1 is 1.29 bits per heavy atom. The van der Waals surface area contributed by atoms with Crippen molar-refractivity contribution in [3.05, 3.63) is 75.6 Å². The Balaban J connectivity index is 1.34. The molecule has 2 N–H and O–H groups in total. The van der Waals surface area contributed by atoms with Gasteiger partial charge in [-0.25, -0.2) is 9.97 Å². The predicted molar refractivity (Wildman–Crippen MR) is 128 cm³/mol. The first kappa shape index (κ1) is 21.7. The number of carbonyl (C=O) groups is 1. The van der Waals surface area contributed by atoms with Crippen molar-refractivity contribution >= 4 is 34.2 Å². The summed E-state index contributed by atoms with van der Waals surface area (Å²) in [5.74, 6) is 0.466. The van der Waals surface area contributed by atoms with Gasteiger partial charge in [0.25, 0.3) is 5.56 Å². The van der Waals surface area contributed by atoms with E-state index in [4.69, 9.17) is 16.6 Å². The second-order valence-electron chi connectivity index (χ2n) is 8.17. The lowest BCUT2D eigenvalue weighted by Gasteiger charge is -2.14. The van der Waals surface area contributed by atoms with E-state index in [0.717, 1.165) is 10.6 Å². The number of benzene rings is 1. The van der Waals surface area contributed by atoms with Crippen LogP contribution in [0.25, 0.3) is 21.8 Å². The Labute approximate surface area is 206 Å². The number of H-pyrrole nitrogens is 1. The number of rotatable bonds is 5. The molecule has 0 radical (unpaired) electrons. The van der Waals surface area contributed by atoms with Gasteiger partial charge >= 0.3 is 5.97 Å². The highest BCUT2D eigenvalue weighted by Gasteiger charge is 2.31. The number of fused-ring (bicyclic) bond motifs is 1. The molecule has 13 heteroatoms. The van der Waals surface area contributed by atoms with Crippen LogP contribution in [0, 0.1) is 0 Å². The lowest BCUT2D eigenvalue weighted by Crippen LogP contribution is -2.25. The van der Waals surface area contributed by atoms with Gasteiger partial charge in [-0.1, -0.05) is 17.7 Å². The van der Waals surface area contributed by atoms with E-state index in [9.17, 15) is 14.7 Å². The van der Waals surface area contributed by atoms with Crippen molar-refractivity contribution in [3.63, 3.8) is 0 Å². The molecule has 0 saturated carbocycles. The predicted octanol–water partition coefficient (Wildman–Crippen LogP) is 2.73. The van der Waals surface area contributed by atoms with Gasteiger partial charge in [-0.15, -0.1) is 16.9 Å². The summed E-state index contributed by atoms with van der Waals surface area (Å²) in [6, 6.07) is 6.44. The van der Waals surface area contributed by atoms with Gasteiger partial charge in [0.05, 0.1) is 29.3 Å². The van der Waals surface area contributed by atoms with Crippen LogP contribution in [0.1, 0.15) is 36.2 Å². The molecule has 6 rings (SSSR count). The zero-order valence-corrected chi connectivity index (χ0v) is 19.6. The molecule has 2 aliphatic rings. The number of aromatic nitrogens is 8. The molecule has 35 heavy (non-hydrogen) atoms. The van der Waals surface area contributed by atoms with Crippen molar-refractivity contribution < 1.29 is 9.90 Å². The summed E-state index contributed by atoms with van der Waals surface area (Å²) in [6.45, 7) is 0. The van der Waals surface area contributed by atoms with E-state index in [1.807, 2.05) is 6.08 Å². The molecule has 3 aromatic heterocycles. The Hall–Kier alpha value is -3.77. The lowest BCUT2D eigenvalue weighted by molar-refractivity contribution is -0.136. The maximum Gasteiger partial charge on any atom is 0.317 e. The minimum atomic E-state index is -0.831. The van der Waals surface area contributed by atoms with E-state index in [-0.39, 0.29) is 11.6 Å². The first-order chi connectivity index (χ1) is 17.0. The fourth-order valence-corrected chi connectivity index (χ4v) is 5.64. The topological polar surface area (TPSA) is 144 Å². The molecule has 2 unspecified atom stereocenters. The van der Waals surface area contributed by atoms with Crippen LogP contribution in [0.3, 0.4) is 0 Å². The van der Waals surface area contributed by atoms with Gasteiger partial charge in [-0.05, 0) is 41.5 Å². The van der Waals surface area contributed by atoms with E-state index >= 15 is 0 Å². The number of aliphatic carboxylic acids is 1. The average Bonchev–Trinajstić information content (AvgIpc) is 3.64. The molecule has 176 valence electrons. The van der Waals surface area contributed by atoms with Crippen molar-refractivity contribution in [2.75, 3.05) is 0 Å². The van der Waals surface area contributed by atoms with Gasteiger partial charge in [-0.2, -0.15) is 4.68 Å². The van der Waals surface area contributed by atoms with Gasteiger partial charge in [0, 0.05) is 28.0 Å². The van der Waals surface area contributed by atoms with Gasteiger partial charge < -0.3 is 10.1 Å². The quantitative estimate of drug-likeness (QED) is 0.415. The van der Waals surface area contributed by atoms with Gasteiger partial charge in [0.1, 0.15) is 23.2 Å². The molecule has 0 aliphatic carbocycles. The van der Waals surface area contributed by atoms with E-state index in [1.165, 1.54) is 28.8 Å². The van der Waals surface area contributed by atoms with Crippen molar-refractivity contribution in [1.29, 1.82) is 0 Å². The fraction of sp³-hybridized carbons (Fsp3) is 0.227. The minimum absolute atomic E-state index is 0.200. The van der Waals surface area contributed by atoms with Crippen molar-refractivity contribution in [3.8, 4) is 16.9 Å². The van der Waals surface area contributed by atoms with Crippen LogP contribution in [-0.2, 0) is 11.2 Å². The molecule has 5 heterocycles. The summed E-state index contributed by atoms with van der Waals surface area (Å²) in [6.07, 6.45) is 6.79. The molecular weight excluding hydrogens is 492 g/mol. The highest BCUT2D eigenvalue weighted by Crippen LogP contribution is 2.39. The van der Waals surface area contributed by atoms with E-state index in [0.29, 0.717) is 52.9 Å². The normalized spacial score (nSPS) is 19.1. The molecule has 2 atom stereocenters. The molecular formula is C22H17ClN8O3S. The standard InChI is InChI=1S/C22H17ClN8O3S/c23-11-1-2-15(30-10-25-28-29-30)12(7-11)13-8-20(32)31-16(3-6-19(31)26-13)21-24-9-14(27-21)17-4-5-18(35-17)22(33)34/h1-2,4,7-10,16,18H,3,5-6H2,(H,24,27)(H,33,34). The monoisotopic (exact) mass is 508 g/mol. The molecule has 2 aliphatic heterocycles. The molecule has 4 aromatic rings. The zero-order chi connectivity index (χ0) is 24.1. The Morgan fingerprint density at radius 3 is 2.94 bits per heavy atom. The molecule has 11 nitrogen and oxygen atoms in total. The fourth-order valence-electron chi connectivity index (χ4n) is 4.44. The third-order valence-corrected chi connectivity index (χ3v) is 7.60. The average molecular weight is 509 g/mol. The smallest absolute Gasteiger partial charge is 0.317 e. The number of tetrazole rings is 1. The second-order valence-corrected chi connectivity index (χ2v) is 9.85. The number of aryl methyl sites for hydroxylation is 1. The van der Waals surface area contributed by atoms with Gasteiger partial charge in [-0.3, -0.25) is 14.2 Å². The first-order valence-corrected chi connectivity index (χ1v) is 12.0. The minimum Gasteiger partial charge on any atom is -0.480 e.